The van der Waals surface area contributed by atoms with Crippen molar-refractivity contribution in [3.8, 4) is 55.6 Å². The van der Waals surface area contributed by atoms with Gasteiger partial charge < -0.3 is 0 Å². The van der Waals surface area contributed by atoms with Gasteiger partial charge in [0.05, 0.1) is 0 Å². The molecule has 12 aromatic rings. The van der Waals surface area contributed by atoms with Gasteiger partial charge in [-0.3, -0.25) is 0 Å². The highest BCUT2D eigenvalue weighted by Crippen LogP contribution is 2.46. The van der Waals surface area contributed by atoms with Gasteiger partial charge in [-0.2, -0.15) is 0 Å². The number of rotatable bonds is 5. The van der Waals surface area contributed by atoms with Crippen LogP contribution in [-0.2, 0) is 0 Å². The van der Waals surface area contributed by atoms with E-state index in [9.17, 15) is 0 Å². The fraction of sp³-hybridized carbons (Fsp3) is 0. The van der Waals surface area contributed by atoms with Crippen LogP contribution in [0.5, 0.6) is 0 Å². The average Bonchev–Trinajstić information content (AvgIpc) is 3.32. The molecule has 12 rings (SSSR count). The van der Waals surface area contributed by atoms with Gasteiger partial charge in [0.25, 0.3) is 0 Å². The van der Waals surface area contributed by atoms with Gasteiger partial charge >= 0.3 is 0 Å². The van der Waals surface area contributed by atoms with Crippen molar-refractivity contribution < 1.29 is 0 Å². The lowest BCUT2D eigenvalue weighted by molar-refractivity contribution is 1.62. The molecule has 12 aromatic carbocycles. The molecule has 0 aromatic heterocycles. The van der Waals surface area contributed by atoms with E-state index in [4.69, 9.17) is 0 Å². The monoisotopic (exact) mass is 758 g/mol. The van der Waals surface area contributed by atoms with E-state index in [0.717, 1.165) is 0 Å². The molecule has 0 nitrogen and oxygen atoms in total. The Kier molecular flexibility index (Phi) is 7.96. The largest absolute Gasteiger partial charge is 0.0622 e. The Morgan fingerprint density at radius 3 is 1.30 bits per heavy atom. The lowest BCUT2D eigenvalue weighted by Gasteiger charge is -2.19. The Balaban J connectivity index is 1.09. The molecule has 0 unspecified atom stereocenters. The number of benzene rings is 12. The third-order valence-corrected chi connectivity index (χ3v) is 12.6. The molecule has 0 saturated heterocycles. The summed E-state index contributed by atoms with van der Waals surface area (Å²) in [6.07, 6.45) is 0. The zero-order chi connectivity index (χ0) is 39.6. The van der Waals surface area contributed by atoms with Crippen molar-refractivity contribution >= 4 is 64.6 Å². The lowest BCUT2D eigenvalue weighted by atomic mass is 9.84. The maximum atomic E-state index is 2.44. The third-order valence-electron chi connectivity index (χ3n) is 12.6. The van der Waals surface area contributed by atoms with E-state index in [1.807, 2.05) is 0 Å². The van der Waals surface area contributed by atoms with Crippen molar-refractivity contribution in [2.24, 2.45) is 0 Å². The minimum Gasteiger partial charge on any atom is -0.0622 e. The second-order valence-corrected chi connectivity index (χ2v) is 16.0. The van der Waals surface area contributed by atoms with Crippen LogP contribution in [0.3, 0.4) is 0 Å². The Labute approximate surface area is 349 Å². The van der Waals surface area contributed by atoms with Crippen LogP contribution in [0, 0.1) is 0 Å². The molecule has 0 N–H and O–H groups in total. The molecule has 0 aliphatic heterocycles. The van der Waals surface area contributed by atoms with Gasteiger partial charge in [-0.15, -0.1) is 0 Å². The van der Waals surface area contributed by atoms with Crippen LogP contribution in [0.2, 0.25) is 0 Å². The number of hydrogen-bond donors (Lipinski definition) is 0. The van der Waals surface area contributed by atoms with Gasteiger partial charge in [-0.1, -0.05) is 206 Å². The predicted octanol–water partition coefficient (Wildman–Crippen LogP) is 16.9. The SMILES string of the molecule is c1ccc(-c2c3ccccc3c(-c3ccc4cc(-c5cccc6ccccc56)cc(-c5ccc(-c6cc7ccccc7c7ccccc67)cc5)c4c3)c3ccccc23)cc1. The minimum atomic E-state index is 1.20. The first-order valence-electron chi connectivity index (χ1n) is 20.8. The second-order valence-electron chi connectivity index (χ2n) is 16.0. The predicted molar refractivity (Wildman–Crippen MR) is 259 cm³/mol. The highest BCUT2D eigenvalue weighted by atomic mass is 14.2. The zero-order valence-corrected chi connectivity index (χ0v) is 32.9. The van der Waals surface area contributed by atoms with Crippen LogP contribution in [0.15, 0.2) is 231 Å². The number of hydrogen-bond acceptors (Lipinski definition) is 0. The van der Waals surface area contributed by atoms with E-state index in [2.05, 4.69) is 231 Å². The molecule has 0 aliphatic carbocycles. The van der Waals surface area contributed by atoms with Crippen molar-refractivity contribution in [3.05, 3.63) is 231 Å². The highest BCUT2D eigenvalue weighted by Gasteiger charge is 2.18. The summed E-state index contributed by atoms with van der Waals surface area (Å²) in [4.78, 5) is 0. The standard InChI is InChI=1S/C60H38/c1-2-16-42(17-3-1)59-52-24-10-12-26-54(52)60(55-27-13-11-25-53(55)59)45-34-33-44-35-46(49-28-14-19-39-15-4-6-20-47(39)49)38-57(58(44)37-45)41-31-29-40(30-32-41)56-36-43-18-5-7-21-48(43)50-22-8-9-23-51(50)56/h1-38H. The van der Waals surface area contributed by atoms with Crippen LogP contribution in [-0.4, -0.2) is 0 Å². The molecule has 278 valence electrons. The average molecular weight is 759 g/mol. The van der Waals surface area contributed by atoms with Crippen LogP contribution < -0.4 is 0 Å². The van der Waals surface area contributed by atoms with Crippen LogP contribution in [0.1, 0.15) is 0 Å². The molecular formula is C60H38. The first-order valence-corrected chi connectivity index (χ1v) is 20.8. The summed E-state index contributed by atoms with van der Waals surface area (Å²) in [6.45, 7) is 0. The molecule has 60 heavy (non-hydrogen) atoms. The van der Waals surface area contributed by atoms with Crippen molar-refractivity contribution in [2.45, 2.75) is 0 Å². The summed E-state index contributed by atoms with van der Waals surface area (Å²) in [5.41, 5.74) is 12.4. The van der Waals surface area contributed by atoms with E-state index in [0.29, 0.717) is 0 Å². The first-order chi connectivity index (χ1) is 29.8. The van der Waals surface area contributed by atoms with Gasteiger partial charge in [0.1, 0.15) is 0 Å². The van der Waals surface area contributed by atoms with Gasteiger partial charge in [0.2, 0.25) is 0 Å². The van der Waals surface area contributed by atoms with Crippen molar-refractivity contribution in [1.29, 1.82) is 0 Å². The van der Waals surface area contributed by atoms with E-state index in [1.54, 1.807) is 0 Å². The zero-order valence-electron chi connectivity index (χ0n) is 32.9. The normalized spacial score (nSPS) is 11.7. The summed E-state index contributed by atoms with van der Waals surface area (Å²) in [5.74, 6) is 0. The number of fused-ring (bicyclic) bond motifs is 7. The fourth-order valence-corrected chi connectivity index (χ4v) is 9.86. The maximum Gasteiger partial charge on any atom is -0.00261 e. The molecule has 0 heterocycles. The van der Waals surface area contributed by atoms with Crippen LogP contribution >= 0.6 is 0 Å². The first kappa shape index (κ1) is 34.3. The molecule has 0 bridgehead atoms. The smallest absolute Gasteiger partial charge is 0.00261 e. The maximum absolute atomic E-state index is 2.44. The molecule has 0 aliphatic rings. The van der Waals surface area contributed by atoms with Crippen molar-refractivity contribution in [1.82, 2.24) is 0 Å². The lowest BCUT2D eigenvalue weighted by Crippen LogP contribution is -1.92. The van der Waals surface area contributed by atoms with E-state index >= 15 is 0 Å². The summed E-state index contributed by atoms with van der Waals surface area (Å²) < 4.78 is 0. The molecule has 0 amide bonds. The van der Waals surface area contributed by atoms with E-state index in [1.165, 1.54) is 120 Å². The Morgan fingerprint density at radius 1 is 0.167 bits per heavy atom. The Hall–Kier alpha value is -7.80. The van der Waals surface area contributed by atoms with Crippen LogP contribution in [0.4, 0.5) is 0 Å². The topological polar surface area (TPSA) is 0 Å². The minimum absolute atomic E-state index is 1.20. The molecule has 0 heteroatoms. The molecule has 0 spiro atoms. The molecule has 0 atom stereocenters. The second kappa shape index (κ2) is 13.9. The summed E-state index contributed by atoms with van der Waals surface area (Å²) in [5, 5.41) is 15.1. The Bertz CT molecular complexity index is 3570. The Morgan fingerprint density at radius 2 is 0.633 bits per heavy atom. The van der Waals surface area contributed by atoms with E-state index in [-0.39, 0.29) is 0 Å². The van der Waals surface area contributed by atoms with Crippen molar-refractivity contribution in [2.75, 3.05) is 0 Å². The molecule has 0 fully saturated rings. The fourth-order valence-electron chi connectivity index (χ4n) is 9.86. The highest BCUT2D eigenvalue weighted by molar-refractivity contribution is 6.22. The summed E-state index contributed by atoms with van der Waals surface area (Å²) in [7, 11) is 0. The van der Waals surface area contributed by atoms with Gasteiger partial charge in [0, 0.05) is 0 Å². The quantitative estimate of drug-likeness (QED) is 0.121. The van der Waals surface area contributed by atoms with Gasteiger partial charge in [0.15, 0.2) is 0 Å². The van der Waals surface area contributed by atoms with E-state index < -0.39 is 0 Å². The molecular weight excluding hydrogens is 721 g/mol. The van der Waals surface area contributed by atoms with Gasteiger partial charge in [-0.05, 0) is 145 Å². The summed E-state index contributed by atoms with van der Waals surface area (Å²) >= 11 is 0. The van der Waals surface area contributed by atoms with Gasteiger partial charge in [-0.25, -0.2) is 0 Å². The van der Waals surface area contributed by atoms with Crippen molar-refractivity contribution in [3.63, 3.8) is 0 Å². The van der Waals surface area contributed by atoms with Crippen LogP contribution in [0.25, 0.3) is 120 Å². The summed E-state index contributed by atoms with van der Waals surface area (Å²) in [6, 6.07) is 85.2. The molecule has 0 radical (unpaired) electrons. The molecule has 0 saturated carbocycles. The third kappa shape index (κ3) is 5.53.